The molecule has 2 atom stereocenters. The summed E-state index contributed by atoms with van der Waals surface area (Å²) in [5.41, 5.74) is 1.50. The van der Waals surface area contributed by atoms with E-state index in [2.05, 4.69) is 4.72 Å². The molecule has 0 aromatic heterocycles. The van der Waals surface area contributed by atoms with Gasteiger partial charge in [0.1, 0.15) is 22.6 Å². The molecule has 1 aliphatic heterocycles. The first kappa shape index (κ1) is 24.9. The molecule has 2 aromatic rings. The van der Waals surface area contributed by atoms with E-state index in [0.717, 1.165) is 30.4 Å². The van der Waals surface area contributed by atoms with Crippen LogP contribution in [0.25, 0.3) is 0 Å². The molecule has 1 saturated heterocycles. The minimum atomic E-state index is -1.59. The van der Waals surface area contributed by atoms with Crippen molar-refractivity contribution >= 4 is 46.0 Å². The first-order valence-electron chi connectivity index (χ1n) is 11.0. The first-order chi connectivity index (χ1) is 16.2. The number of amides is 2. The van der Waals surface area contributed by atoms with Gasteiger partial charge >= 0.3 is 0 Å². The Balaban J connectivity index is 1.38. The smallest absolute Gasteiger partial charge is 0.265 e. The van der Waals surface area contributed by atoms with E-state index in [0.29, 0.717) is 35.3 Å². The maximum absolute atomic E-state index is 14.6. The lowest BCUT2D eigenvalue weighted by molar-refractivity contribution is -0.136. The van der Waals surface area contributed by atoms with Crippen LogP contribution in [0.2, 0.25) is 10.0 Å². The zero-order chi connectivity index (χ0) is 24.4. The molecule has 0 radical (unpaired) electrons. The molecule has 1 aliphatic carbocycles. The number of piperidine rings is 1. The summed E-state index contributed by atoms with van der Waals surface area (Å²) in [4.78, 5) is 26.7. The van der Waals surface area contributed by atoms with E-state index in [1.807, 2.05) is 0 Å². The summed E-state index contributed by atoms with van der Waals surface area (Å²) in [6.07, 6.45) is 4.27. The van der Waals surface area contributed by atoms with E-state index in [1.165, 1.54) is 18.4 Å². The molecule has 1 N–H and O–H groups in total. The van der Waals surface area contributed by atoms with Crippen LogP contribution in [-0.4, -0.2) is 40.3 Å². The first-order valence-corrected chi connectivity index (χ1v) is 13.3. The fraction of sp³-hybridized carbons (Fsp3) is 0.417. The third-order valence-electron chi connectivity index (χ3n) is 5.99. The van der Waals surface area contributed by atoms with Crippen LogP contribution in [0.3, 0.4) is 0 Å². The van der Waals surface area contributed by atoms with Crippen LogP contribution < -0.4 is 9.46 Å². The van der Waals surface area contributed by atoms with Gasteiger partial charge in [-0.15, -0.1) is 0 Å². The Hall–Kier alpha value is -2.16. The standard InChI is InChI=1S/C24H25Cl2FN2O4S/c1-34(32)28-24(31)20-10-19(16-2-3-16)22(11-21(20)27)33-13-14-4-5-29(23(30)8-14)12-15-6-17(25)9-18(26)7-15/h6-7,9-11,14,16H,2-5,8,12-13H2,1H3,(H,28,31). The molecular weight excluding hydrogens is 502 g/mol. The third kappa shape index (κ3) is 6.29. The Labute approximate surface area is 210 Å². The summed E-state index contributed by atoms with van der Waals surface area (Å²) in [6, 6.07) is 7.97. The van der Waals surface area contributed by atoms with Crippen molar-refractivity contribution in [3.8, 4) is 5.75 Å². The number of likely N-dealkylation sites (tertiary alicyclic amines) is 1. The van der Waals surface area contributed by atoms with E-state index < -0.39 is 22.7 Å². The normalized spacial score (nSPS) is 19.1. The molecule has 1 heterocycles. The topological polar surface area (TPSA) is 75.7 Å². The molecule has 2 aromatic carbocycles. The molecule has 2 amide bonds. The van der Waals surface area contributed by atoms with Gasteiger partial charge in [0.05, 0.1) is 12.2 Å². The summed E-state index contributed by atoms with van der Waals surface area (Å²) in [7, 11) is -1.59. The summed E-state index contributed by atoms with van der Waals surface area (Å²) in [5, 5.41) is 1.06. The minimum Gasteiger partial charge on any atom is -0.493 e. The molecule has 34 heavy (non-hydrogen) atoms. The highest BCUT2D eigenvalue weighted by molar-refractivity contribution is 7.82. The zero-order valence-corrected chi connectivity index (χ0v) is 20.9. The maximum Gasteiger partial charge on any atom is 0.265 e. The molecule has 2 unspecified atom stereocenters. The van der Waals surface area contributed by atoms with Gasteiger partial charge in [0, 0.05) is 47.8 Å². The van der Waals surface area contributed by atoms with Gasteiger partial charge < -0.3 is 9.64 Å². The number of nitrogens with one attached hydrogen (secondary N) is 1. The van der Waals surface area contributed by atoms with Crippen LogP contribution in [0.1, 0.15) is 53.1 Å². The van der Waals surface area contributed by atoms with Gasteiger partial charge in [0.25, 0.3) is 5.91 Å². The molecule has 0 spiro atoms. The average molecular weight is 527 g/mol. The van der Waals surface area contributed by atoms with Crippen molar-refractivity contribution in [2.75, 3.05) is 19.4 Å². The lowest BCUT2D eigenvalue weighted by Gasteiger charge is -2.32. The summed E-state index contributed by atoms with van der Waals surface area (Å²) in [6.45, 7) is 1.30. The van der Waals surface area contributed by atoms with Gasteiger partial charge in [-0.2, -0.15) is 0 Å². The summed E-state index contributed by atoms with van der Waals surface area (Å²) in [5.74, 6) is -0.810. The third-order valence-corrected chi connectivity index (χ3v) is 6.90. The number of nitrogens with zero attached hydrogens (tertiary/aromatic N) is 1. The van der Waals surface area contributed by atoms with Crippen LogP contribution in [0.5, 0.6) is 5.75 Å². The number of rotatable bonds is 8. The number of ether oxygens (including phenoxy) is 1. The largest absolute Gasteiger partial charge is 0.493 e. The number of hydrogen-bond acceptors (Lipinski definition) is 4. The van der Waals surface area contributed by atoms with Crippen molar-refractivity contribution in [1.29, 1.82) is 0 Å². The van der Waals surface area contributed by atoms with Crippen molar-refractivity contribution in [3.63, 3.8) is 0 Å². The van der Waals surface area contributed by atoms with Crippen molar-refractivity contribution in [2.24, 2.45) is 5.92 Å². The molecule has 6 nitrogen and oxygen atoms in total. The predicted molar refractivity (Wildman–Crippen MR) is 130 cm³/mol. The highest BCUT2D eigenvalue weighted by atomic mass is 35.5. The van der Waals surface area contributed by atoms with Crippen LogP contribution in [0.15, 0.2) is 30.3 Å². The number of benzene rings is 2. The number of carbonyl (C=O) groups is 2. The van der Waals surface area contributed by atoms with Gasteiger partial charge in [-0.25, -0.2) is 8.60 Å². The van der Waals surface area contributed by atoms with E-state index in [-0.39, 0.29) is 29.9 Å². The lowest BCUT2D eigenvalue weighted by Crippen LogP contribution is -2.39. The Morgan fingerprint density at radius 2 is 1.88 bits per heavy atom. The molecule has 4 rings (SSSR count). The van der Waals surface area contributed by atoms with Crippen LogP contribution in [0, 0.1) is 11.7 Å². The Morgan fingerprint density at radius 3 is 2.50 bits per heavy atom. The predicted octanol–water partition coefficient (Wildman–Crippen LogP) is 4.85. The van der Waals surface area contributed by atoms with Gasteiger partial charge in [-0.05, 0) is 60.6 Å². The molecule has 182 valence electrons. The quantitative estimate of drug-likeness (QED) is 0.533. The monoisotopic (exact) mass is 526 g/mol. The highest BCUT2D eigenvalue weighted by Gasteiger charge is 2.31. The van der Waals surface area contributed by atoms with Crippen molar-refractivity contribution < 1.29 is 22.9 Å². The minimum absolute atomic E-state index is 0.00676. The van der Waals surface area contributed by atoms with Gasteiger partial charge in [0.2, 0.25) is 5.91 Å². The lowest BCUT2D eigenvalue weighted by atomic mass is 9.96. The Bertz CT molecular complexity index is 1120. The van der Waals surface area contributed by atoms with Crippen molar-refractivity contribution in [3.05, 3.63) is 62.9 Å². The van der Waals surface area contributed by atoms with Gasteiger partial charge in [0.15, 0.2) is 0 Å². The molecule has 10 heteroatoms. The van der Waals surface area contributed by atoms with Gasteiger partial charge in [-0.1, -0.05) is 23.2 Å². The van der Waals surface area contributed by atoms with Crippen LogP contribution in [0.4, 0.5) is 4.39 Å². The van der Waals surface area contributed by atoms with E-state index in [4.69, 9.17) is 27.9 Å². The van der Waals surface area contributed by atoms with Crippen molar-refractivity contribution in [2.45, 2.75) is 38.1 Å². The van der Waals surface area contributed by atoms with E-state index in [9.17, 15) is 18.2 Å². The number of halogens is 3. The highest BCUT2D eigenvalue weighted by Crippen LogP contribution is 2.45. The van der Waals surface area contributed by atoms with Gasteiger partial charge in [-0.3, -0.25) is 14.3 Å². The Morgan fingerprint density at radius 1 is 1.18 bits per heavy atom. The fourth-order valence-electron chi connectivity index (χ4n) is 4.15. The number of carbonyl (C=O) groups excluding carboxylic acids is 2. The SMILES string of the molecule is CS(=O)NC(=O)c1cc(C2CC2)c(OCC2CCN(Cc3cc(Cl)cc(Cl)c3)C(=O)C2)cc1F. The van der Waals surface area contributed by atoms with Crippen LogP contribution in [-0.2, 0) is 22.3 Å². The van der Waals surface area contributed by atoms with E-state index >= 15 is 0 Å². The molecule has 2 aliphatic rings. The molecule has 0 bridgehead atoms. The number of hydrogen-bond donors (Lipinski definition) is 1. The molecular formula is C24H25Cl2FN2O4S. The summed E-state index contributed by atoms with van der Waals surface area (Å²) >= 11 is 12.1. The molecule has 1 saturated carbocycles. The van der Waals surface area contributed by atoms with Crippen molar-refractivity contribution in [1.82, 2.24) is 9.62 Å². The zero-order valence-electron chi connectivity index (χ0n) is 18.6. The second-order valence-corrected chi connectivity index (χ2v) is 10.8. The fourth-order valence-corrected chi connectivity index (χ4v) is 5.09. The summed E-state index contributed by atoms with van der Waals surface area (Å²) < 4.78 is 34.1. The molecule has 2 fully saturated rings. The Kier molecular flexibility index (Phi) is 7.80. The van der Waals surface area contributed by atoms with E-state index in [1.54, 1.807) is 23.1 Å². The second kappa shape index (κ2) is 10.6. The van der Waals surface area contributed by atoms with Crippen LogP contribution >= 0.6 is 23.2 Å². The average Bonchev–Trinajstić information content (AvgIpc) is 3.58. The maximum atomic E-state index is 14.6. The second-order valence-electron chi connectivity index (χ2n) is 8.79.